The number of amides is 1. The Labute approximate surface area is 152 Å². The van der Waals surface area contributed by atoms with Gasteiger partial charge in [0, 0.05) is 19.0 Å². The molecule has 136 valence electrons. The number of ether oxygens (including phenoxy) is 2. The molecule has 0 spiro atoms. The lowest BCUT2D eigenvalue weighted by atomic mass is 9.99. The summed E-state index contributed by atoms with van der Waals surface area (Å²) in [6, 6.07) is 13.8. The van der Waals surface area contributed by atoms with E-state index in [2.05, 4.69) is 0 Å². The summed E-state index contributed by atoms with van der Waals surface area (Å²) >= 11 is 0. The fraction of sp³-hybridized carbons (Fsp3) is 0.381. The lowest BCUT2D eigenvalue weighted by molar-refractivity contribution is 0.0757. The first-order valence-corrected chi connectivity index (χ1v) is 9.01. The normalized spacial score (nSPS) is 24.4. The van der Waals surface area contributed by atoms with Crippen molar-refractivity contribution in [1.82, 2.24) is 4.90 Å². The van der Waals surface area contributed by atoms with Crippen LogP contribution in [-0.4, -0.2) is 37.1 Å². The molecule has 2 aliphatic rings. The van der Waals surface area contributed by atoms with E-state index in [-0.39, 0.29) is 23.7 Å². The molecule has 2 aromatic carbocycles. The Morgan fingerprint density at radius 1 is 1.04 bits per heavy atom. The van der Waals surface area contributed by atoms with Crippen LogP contribution in [0.3, 0.4) is 0 Å². The average molecular weight is 355 g/mol. The van der Waals surface area contributed by atoms with E-state index in [1.165, 1.54) is 6.07 Å². The van der Waals surface area contributed by atoms with E-state index >= 15 is 0 Å². The largest absolute Gasteiger partial charge is 0.496 e. The Morgan fingerprint density at radius 3 is 2.54 bits per heavy atom. The van der Waals surface area contributed by atoms with Crippen molar-refractivity contribution in [2.75, 3.05) is 20.2 Å². The van der Waals surface area contributed by atoms with Crippen LogP contribution in [0.2, 0.25) is 0 Å². The summed E-state index contributed by atoms with van der Waals surface area (Å²) in [4.78, 5) is 14.8. The van der Waals surface area contributed by atoms with Gasteiger partial charge < -0.3 is 14.4 Å². The summed E-state index contributed by atoms with van der Waals surface area (Å²) in [5, 5.41) is 0. The number of hydrogen-bond donors (Lipinski definition) is 0. The van der Waals surface area contributed by atoms with Crippen LogP contribution in [-0.2, 0) is 0 Å². The number of benzene rings is 2. The molecule has 1 aliphatic heterocycles. The van der Waals surface area contributed by atoms with Crippen LogP contribution in [0.15, 0.2) is 48.5 Å². The van der Waals surface area contributed by atoms with Crippen molar-refractivity contribution in [1.29, 1.82) is 0 Å². The molecule has 2 aromatic rings. The first-order valence-electron chi connectivity index (χ1n) is 9.01. The Morgan fingerprint density at radius 2 is 1.77 bits per heavy atom. The Hall–Kier alpha value is -2.56. The molecule has 1 heterocycles. The zero-order valence-electron chi connectivity index (χ0n) is 14.7. The summed E-state index contributed by atoms with van der Waals surface area (Å²) in [5.74, 6) is 1.19. The fourth-order valence-electron chi connectivity index (χ4n) is 4.22. The number of likely N-dealkylation sites (tertiary alicyclic amines) is 1. The third kappa shape index (κ3) is 3.02. The van der Waals surface area contributed by atoms with E-state index in [0.29, 0.717) is 29.5 Å². The number of methoxy groups -OCH3 is 1. The molecule has 3 atom stereocenters. The molecule has 1 saturated heterocycles. The van der Waals surface area contributed by atoms with Crippen LogP contribution in [0.4, 0.5) is 4.39 Å². The Bertz CT molecular complexity index is 809. The highest BCUT2D eigenvalue weighted by Gasteiger charge is 2.45. The molecular formula is C21H22FNO3. The van der Waals surface area contributed by atoms with Gasteiger partial charge >= 0.3 is 0 Å². The number of fused-ring (bicyclic) bond motifs is 1. The number of para-hydroxylation sites is 2. The quantitative estimate of drug-likeness (QED) is 0.838. The second-order valence-corrected chi connectivity index (χ2v) is 7.00. The molecule has 2 fully saturated rings. The molecule has 4 nitrogen and oxygen atoms in total. The smallest absolute Gasteiger partial charge is 0.257 e. The summed E-state index contributed by atoms with van der Waals surface area (Å²) in [6.07, 6.45) is 1.85. The summed E-state index contributed by atoms with van der Waals surface area (Å²) in [7, 11) is 1.57. The Kier molecular flexibility index (Phi) is 4.53. The standard InChI is InChI=1S/C21H22FNO3/c1-25-18-8-4-2-6-15(18)21(24)23-12-14-10-11-19(16(14)13-23)26-20-9-5-3-7-17(20)22/h2-9,14,16,19H,10-13H2,1H3/t14-,16+,19-/m0/s1. The Balaban J connectivity index is 1.47. The summed E-state index contributed by atoms with van der Waals surface area (Å²) < 4.78 is 25.2. The number of carbonyl (C=O) groups is 1. The van der Waals surface area contributed by atoms with Gasteiger partial charge in [-0.15, -0.1) is 0 Å². The van der Waals surface area contributed by atoms with Gasteiger partial charge in [-0.2, -0.15) is 0 Å². The van der Waals surface area contributed by atoms with Crippen molar-refractivity contribution in [3.05, 3.63) is 59.9 Å². The van der Waals surface area contributed by atoms with Gasteiger partial charge in [0.15, 0.2) is 11.6 Å². The van der Waals surface area contributed by atoms with Crippen LogP contribution in [0.5, 0.6) is 11.5 Å². The van der Waals surface area contributed by atoms with Crippen molar-refractivity contribution in [3.63, 3.8) is 0 Å². The highest BCUT2D eigenvalue weighted by Crippen LogP contribution is 2.41. The van der Waals surface area contributed by atoms with E-state index in [9.17, 15) is 9.18 Å². The van der Waals surface area contributed by atoms with Crippen LogP contribution < -0.4 is 9.47 Å². The molecular weight excluding hydrogens is 333 g/mol. The second-order valence-electron chi connectivity index (χ2n) is 7.00. The zero-order valence-corrected chi connectivity index (χ0v) is 14.7. The minimum atomic E-state index is -0.337. The molecule has 4 rings (SSSR count). The SMILES string of the molecule is COc1ccccc1C(=O)N1C[C@@H]2CC[C@H](Oc3ccccc3F)[C@@H]2C1. The van der Waals surface area contributed by atoms with Crippen molar-refractivity contribution in [2.45, 2.75) is 18.9 Å². The van der Waals surface area contributed by atoms with Crippen LogP contribution in [0, 0.1) is 17.7 Å². The molecule has 1 amide bonds. The van der Waals surface area contributed by atoms with E-state index in [1.807, 2.05) is 17.0 Å². The highest BCUT2D eigenvalue weighted by atomic mass is 19.1. The third-order valence-corrected chi connectivity index (χ3v) is 5.53. The van der Waals surface area contributed by atoms with Gasteiger partial charge in [0.1, 0.15) is 11.9 Å². The molecule has 0 aromatic heterocycles. The van der Waals surface area contributed by atoms with E-state index in [1.54, 1.807) is 37.4 Å². The topological polar surface area (TPSA) is 38.8 Å². The monoisotopic (exact) mass is 355 g/mol. The molecule has 1 aliphatic carbocycles. The van der Waals surface area contributed by atoms with Gasteiger partial charge in [0.25, 0.3) is 5.91 Å². The molecule has 0 N–H and O–H groups in total. The first kappa shape index (κ1) is 16.9. The van der Waals surface area contributed by atoms with Gasteiger partial charge in [-0.1, -0.05) is 24.3 Å². The number of rotatable bonds is 4. The maximum absolute atomic E-state index is 13.9. The van der Waals surface area contributed by atoms with E-state index < -0.39 is 0 Å². The number of hydrogen-bond acceptors (Lipinski definition) is 3. The number of nitrogens with zero attached hydrogens (tertiary/aromatic N) is 1. The number of halogens is 1. The lowest BCUT2D eigenvalue weighted by Gasteiger charge is -2.22. The van der Waals surface area contributed by atoms with Gasteiger partial charge in [-0.05, 0) is 43.0 Å². The minimum absolute atomic E-state index is 0.0125. The van der Waals surface area contributed by atoms with Crippen LogP contribution in [0.1, 0.15) is 23.2 Å². The maximum atomic E-state index is 13.9. The lowest BCUT2D eigenvalue weighted by Crippen LogP contribution is -2.32. The second kappa shape index (κ2) is 6.98. The highest BCUT2D eigenvalue weighted by molar-refractivity contribution is 5.97. The summed E-state index contributed by atoms with van der Waals surface area (Å²) in [6.45, 7) is 1.36. The van der Waals surface area contributed by atoms with Crippen molar-refractivity contribution >= 4 is 5.91 Å². The van der Waals surface area contributed by atoms with Crippen LogP contribution in [0.25, 0.3) is 0 Å². The van der Waals surface area contributed by atoms with Crippen molar-refractivity contribution in [3.8, 4) is 11.5 Å². The maximum Gasteiger partial charge on any atom is 0.257 e. The predicted molar refractivity (Wildman–Crippen MR) is 95.9 cm³/mol. The van der Waals surface area contributed by atoms with E-state index in [4.69, 9.17) is 9.47 Å². The molecule has 1 saturated carbocycles. The van der Waals surface area contributed by atoms with Gasteiger partial charge in [-0.3, -0.25) is 4.79 Å². The predicted octanol–water partition coefficient (Wildman–Crippen LogP) is 3.76. The molecule has 26 heavy (non-hydrogen) atoms. The van der Waals surface area contributed by atoms with Gasteiger partial charge in [0.05, 0.1) is 12.7 Å². The third-order valence-electron chi connectivity index (χ3n) is 5.53. The van der Waals surface area contributed by atoms with Crippen LogP contribution >= 0.6 is 0 Å². The first-order chi connectivity index (χ1) is 12.7. The molecule has 5 heteroatoms. The van der Waals surface area contributed by atoms with Crippen molar-refractivity contribution < 1.29 is 18.7 Å². The fourth-order valence-corrected chi connectivity index (χ4v) is 4.22. The summed E-state index contributed by atoms with van der Waals surface area (Å²) in [5.41, 5.74) is 0.585. The van der Waals surface area contributed by atoms with Gasteiger partial charge in [0.2, 0.25) is 0 Å². The van der Waals surface area contributed by atoms with Gasteiger partial charge in [-0.25, -0.2) is 4.39 Å². The number of carbonyl (C=O) groups excluding carboxylic acids is 1. The molecule has 0 unspecified atom stereocenters. The molecule has 0 radical (unpaired) electrons. The molecule has 0 bridgehead atoms. The average Bonchev–Trinajstić information content (AvgIpc) is 3.25. The van der Waals surface area contributed by atoms with Crippen molar-refractivity contribution in [2.24, 2.45) is 11.8 Å². The van der Waals surface area contributed by atoms with E-state index in [0.717, 1.165) is 19.4 Å². The zero-order chi connectivity index (χ0) is 18.1. The minimum Gasteiger partial charge on any atom is -0.496 e.